The lowest BCUT2D eigenvalue weighted by molar-refractivity contribution is -0.203. The van der Waals surface area contributed by atoms with E-state index in [0.29, 0.717) is 12.4 Å². The first kappa shape index (κ1) is 18.6. The van der Waals surface area contributed by atoms with Crippen molar-refractivity contribution in [2.45, 2.75) is 57.8 Å². The number of hydrogen-bond donors (Lipinski definition) is 1. The number of carbonyl (C=O) groups excluding carboxylic acids is 1. The molecule has 1 unspecified atom stereocenters. The molecule has 1 heterocycles. The summed E-state index contributed by atoms with van der Waals surface area (Å²) in [5.74, 6) is 0.131. The van der Waals surface area contributed by atoms with Crippen molar-refractivity contribution in [2.24, 2.45) is 0 Å². The van der Waals surface area contributed by atoms with Crippen LogP contribution in [0.15, 0.2) is 24.3 Å². The number of rotatable bonds is 6. The number of carbonyl (C=O) groups is 1. The van der Waals surface area contributed by atoms with E-state index in [0.717, 1.165) is 17.9 Å². The molecule has 2 rings (SSSR count). The van der Waals surface area contributed by atoms with Crippen LogP contribution in [0.4, 0.5) is 13.2 Å². The minimum Gasteiger partial charge on any atom is -0.494 e. The molecule has 7 heteroatoms. The van der Waals surface area contributed by atoms with E-state index in [1.165, 1.54) is 24.3 Å². The standard InChI is InChI=1S/C17H23F3N2O2/c1-4-5-10-24-13-8-6-12(7-9-13)15(17(18,19)20)22-16(2,3)11-14(23)21-22/h6-9,15H,4-5,10-11H2,1-3H3,(H,21,23). The molecule has 1 aliphatic rings. The SMILES string of the molecule is CCCCOc1ccc(C(N2NC(=O)CC2(C)C)C(F)(F)F)cc1. The minimum atomic E-state index is -4.51. The van der Waals surface area contributed by atoms with E-state index in [2.05, 4.69) is 5.43 Å². The zero-order chi connectivity index (χ0) is 18.0. The topological polar surface area (TPSA) is 41.6 Å². The van der Waals surface area contributed by atoms with Crippen molar-refractivity contribution >= 4 is 5.91 Å². The maximum Gasteiger partial charge on any atom is 0.409 e. The second-order valence-electron chi connectivity index (χ2n) is 6.61. The van der Waals surface area contributed by atoms with Gasteiger partial charge in [0.05, 0.1) is 6.61 Å². The zero-order valence-electron chi connectivity index (χ0n) is 14.1. The van der Waals surface area contributed by atoms with Crippen molar-refractivity contribution in [2.75, 3.05) is 6.61 Å². The molecule has 24 heavy (non-hydrogen) atoms. The van der Waals surface area contributed by atoms with E-state index >= 15 is 0 Å². The fourth-order valence-electron chi connectivity index (χ4n) is 2.78. The molecular formula is C17H23F3N2O2. The second-order valence-corrected chi connectivity index (χ2v) is 6.61. The molecule has 134 valence electrons. The molecule has 1 aliphatic heterocycles. The van der Waals surface area contributed by atoms with Crippen molar-refractivity contribution in [3.05, 3.63) is 29.8 Å². The predicted octanol–water partition coefficient (Wildman–Crippen LogP) is 3.98. The Hall–Kier alpha value is -1.76. The van der Waals surface area contributed by atoms with E-state index in [-0.39, 0.29) is 12.0 Å². The number of nitrogens with one attached hydrogen (secondary N) is 1. The van der Waals surface area contributed by atoms with Crippen LogP contribution in [-0.4, -0.2) is 29.2 Å². The first-order chi connectivity index (χ1) is 11.1. The van der Waals surface area contributed by atoms with Gasteiger partial charge < -0.3 is 4.74 Å². The molecule has 1 saturated heterocycles. The van der Waals surface area contributed by atoms with Gasteiger partial charge in [-0.3, -0.25) is 10.2 Å². The summed E-state index contributed by atoms with van der Waals surface area (Å²) in [6, 6.07) is 3.98. The van der Waals surface area contributed by atoms with Crippen molar-refractivity contribution in [3.63, 3.8) is 0 Å². The van der Waals surface area contributed by atoms with Crippen LogP contribution in [0.5, 0.6) is 5.75 Å². The fourth-order valence-corrected chi connectivity index (χ4v) is 2.78. The molecule has 1 aromatic rings. The monoisotopic (exact) mass is 344 g/mol. The van der Waals surface area contributed by atoms with Gasteiger partial charge in [0.1, 0.15) is 5.75 Å². The van der Waals surface area contributed by atoms with Gasteiger partial charge in [-0.05, 0) is 38.0 Å². The number of alkyl halides is 3. The summed E-state index contributed by atoms with van der Waals surface area (Å²) in [4.78, 5) is 11.6. The molecule has 1 N–H and O–H groups in total. The summed E-state index contributed by atoms with van der Waals surface area (Å²) in [6.07, 6.45) is -2.61. The van der Waals surface area contributed by atoms with Crippen molar-refractivity contribution in [1.82, 2.24) is 10.4 Å². The number of amides is 1. The number of benzene rings is 1. The first-order valence-corrected chi connectivity index (χ1v) is 8.03. The third-order valence-electron chi connectivity index (χ3n) is 4.02. The van der Waals surface area contributed by atoms with Gasteiger partial charge in [0, 0.05) is 12.0 Å². The van der Waals surface area contributed by atoms with Crippen LogP contribution in [-0.2, 0) is 4.79 Å². The molecule has 0 aromatic heterocycles. The van der Waals surface area contributed by atoms with Crippen LogP contribution >= 0.6 is 0 Å². The normalized spacial score (nSPS) is 19.2. The van der Waals surface area contributed by atoms with Crippen molar-refractivity contribution in [3.8, 4) is 5.75 Å². The Morgan fingerprint density at radius 1 is 1.29 bits per heavy atom. The lowest BCUT2D eigenvalue weighted by Crippen LogP contribution is -2.51. The molecule has 1 atom stereocenters. The summed E-state index contributed by atoms with van der Waals surface area (Å²) < 4.78 is 46.4. The summed E-state index contributed by atoms with van der Waals surface area (Å²) in [7, 11) is 0. The van der Waals surface area contributed by atoms with Crippen LogP contribution in [0.2, 0.25) is 0 Å². The van der Waals surface area contributed by atoms with Crippen molar-refractivity contribution in [1.29, 1.82) is 0 Å². The highest BCUT2D eigenvalue weighted by atomic mass is 19.4. The molecule has 4 nitrogen and oxygen atoms in total. The van der Waals surface area contributed by atoms with Gasteiger partial charge in [-0.15, -0.1) is 0 Å². The van der Waals surface area contributed by atoms with E-state index in [1.54, 1.807) is 13.8 Å². The van der Waals surface area contributed by atoms with Gasteiger partial charge >= 0.3 is 6.18 Å². The third-order valence-corrected chi connectivity index (χ3v) is 4.02. The Morgan fingerprint density at radius 3 is 2.38 bits per heavy atom. The van der Waals surface area contributed by atoms with Gasteiger partial charge in [-0.25, -0.2) is 0 Å². The van der Waals surface area contributed by atoms with E-state index in [1.807, 2.05) is 6.92 Å². The van der Waals surface area contributed by atoms with Gasteiger partial charge in [-0.1, -0.05) is 25.5 Å². The lowest BCUT2D eigenvalue weighted by Gasteiger charge is -2.37. The molecule has 0 saturated carbocycles. The molecule has 0 radical (unpaired) electrons. The molecule has 1 fully saturated rings. The number of ether oxygens (including phenoxy) is 1. The Kier molecular flexibility index (Phi) is 5.42. The Labute approximate surface area is 139 Å². The number of hydrazine groups is 1. The first-order valence-electron chi connectivity index (χ1n) is 8.03. The molecule has 0 bridgehead atoms. The second kappa shape index (κ2) is 7.01. The largest absolute Gasteiger partial charge is 0.494 e. The van der Waals surface area contributed by atoms with Gasteiger partial charge in [-0.2, -0.15) is 18.2 Å². The van der Waals surface area contributed by atoms with Crippen LogP contribution < -0.4 is 10.2 Å². The van der Waals surface area contributed by atoms with Crippen LogP contribution in [0, 0.1) is 0 Å². The Bertz CT molecular complexity index is 570. The molecular weight excluding hydrogens is 321 g/mol. The Balaban J connectivity index is 2.24. The average molecular weight is 344 g/mol. The summed E-state index contributed by atoms with van der Waals surface area (Å²) in [6.45, 7) is 5.80. The van der Waals surface area contributed by atoms with Gasteiger partial charge in [0.2, 0.25) is 5.91 Å². The number of hydrogen-bond acceptors (Lipinski definition) is 3. The van der Waals surface area contributed by atoms with E-state index in [4.69, 9.17) is 4.74 Å². The number of unbranched alkanes of at least 4 members (excludes halogenated alkanes) is 1. The zero-order valence-corrected chi connectivity index (χ0v) is 14.1. The highest BCUT2D eigenvalue weighted by molar-refractivity contribution is 5.79. The van der Waals surface area contributed by atoms with Crippen LogP contribution in [0.25, 0.3) is 0 Å². The van der Waals surface area contributed by atoms with Crippen molar-refractivity contribution < 1.29 is 22.7 Å². The highest BCUT2D eigenvalue weighted by Gasteiger charge is 2.52. The molecule has 1 aromatic carbocycles. The average Bonchev–Trinajstić information content (AvgIpc) is 2.72. The van der Waals surface area contributed by atoms with E-state index in [9.17, 15) is 18.0 Å². The molecule has 1 amide bonds. The molecule has 0 aliphatic carbocycles. The lowest BCUT2D eigenvalue weighted by atomic mass is 9.97. The quantitative estimate of drug-likeness (QED) is 0.794. The van der Waals surface area contributed by atoms with Crippen LogP contribution in [0.3, 0.4) is 0 Å². The maximum atomic E-state index is 13.7. The maximum absolute atomic E-state index is 13.7. The Morgan fingerprint density at radius 2 is 1.92 bits per heavy atom. The fraction of sp³-hybridized carbons (Fsp3) is 0.588. The predicted molar refractivity (Wildman–Crippen MR) is 84.3 cm³/mol. The molecule has 0 spiro atoms. The summed E-state index contributed by atoms with van der Waals surface area (Å²) in [5.41, 5.74) is 1.50. The van der Waals surface area contributed by atoms with Gasteiger partial charge in [0.25, 0.3) is 0 Å². The summed E-state index contributed by atoms with van der Waals surface area (Å²) in [5, 5.41) is 1.00. The van der Waals surface area contributed by atoms with E-state index < -0.39 is 23.7 Å². The number of nitrogens with zero attached hydrogens (tertiary/aromatic N) is 1. The van der Waals surface area contributed by atoms with Gasteiger partial charge in [0.15, 0.2) is 6.04 Å². The minimum absolute atomic E-state index is 0.0256. The van der Waals surface area contributed by atoms with Crippen LogP contribution in [0.1, 0.15) is 51.6 Å². The smallest absolute Gasteiger partial charge is 0.409 e. The number of halogens is 3. The highest BCUT2D eigenvalue weighted by Crippen LogP contribution is 2.42. The third kappa shape index (κ3) is 4.20. The summed E-state index contributed by atoms with van der Waals surface area (Å²) >= 11 is 0.